The number of nitriles is 1. The molecule has 0 radical (unpaired) electrons. The van der Waals surface area contributed by atoms with Crippen LogP contribution in [0.5, 0.6) is 0 Å². The van der Waals surface area contributed by atoms with Crippen molar-refractivity contribution in [1.29, 1.82) is 5.26 Å². The number of rotatable bonds is 5. The molecule has 3 saturated heterocycles. The van der Waals surface area contributed by atoms with E-state index >= 15 is 0 Å². The largest absolute Gasteiger partial charge is 0.444 e. The molecule has 3 aliphatic heterocycles. The third kappa shape index (κ3) is 5.08. The predicted octanol–water partition coefficient (Wildman–Crippen LogP) is 2.43. The maximum Gasteiger partial charge on any atom is 0.408 e. The summed E-state index contributed by atoms with van der Waals surface area (Å²) in [6.07, 6.45) is 1.26. The average molecular weight is 479 g/mol. The van der Waals surface area contributed by atoms with Crippen LogP contribution in [0.15, 0.2) is 24.3 Å². The fourth-order valence-corrected chi connectivity index (χ4v) is 5.13. The van der Waals surface area contributed by atoms with Crippen molar-refractivity contribution in [1.82, 2.24) is 15.1 Å². The summed E-state index contributed by atoms with van der Waals surface area (Å²) < 4.78 is 5.37. The minimum atomic E-state index is -0.933. The Kier molecular flexibility index (Phi) is 6.68. The van der Waals surface area contributed by atoms with Gasteiger partial charge in [-0.2, -0.15) is 5.26 Å². The van der Waals surface area contributed by atoms with Gasteiger partial charge in [0.05, 0.1) is 24.7 Å². The average Bonchev–Trinajstić information content (AvgIpc) is 3.51. The quantitative estimate of drug-likeness (QED) is 0.651. The molecule has 1 aromatic rings. The Bertz CT molecular complexity index is 1080. The van der Waals surface area contributed by atoms with Gasteiger partial charge in [0.2, 0.25) is 11.8 Å². The van der Waals surface area contributed by atoms with Crippen LogP contribution in [0.1, 0.15) is 40.0 Å². The normalized spacial score (nSPS) is 24.7. The van der Waals surface area contributed by atoms with E-state index in [0.29, 0.717) is 31.6 Å². The van der Waals surface area contributed by atoms with Crippen molar-refractivity contribution >= 4 is 29.3 Å². The van der Waals surface area contributed by atoms with Crippen LogP contribution < -0.4 is 10.2 Å². The number of carbonyl (C=O) groups excluding carboxylic acids is 3. The highest BCUT2D eigenvalue weighted by molar-refractivity contribution is 6.01. The molecule has 3 fully saturated rings. The van der Waals surface area contributed by atoms with E-state index in [-0.39, 0.29) is 24.4 Å². The molecule has 3 heterocycles. The number of benzene rings is 1. The zero-order chi connectivity index (χ0) is 25.3. The highest BCUT2D eigenvalue weighted by Gasteiger charge is 2.51. The van der Waals surface area contributed by atoms with E-state index < -0.39 is 29.8 Å². The number of likely N-dealkylation sites (tertiary alicyclic amines) is 2. The van der Waals surface area contributed by atoms with Crippen LogP contribution in [0.2, 0.25) is 0 Å². The van der Waals surface area contributed by atoms with Gasteiger partial charge in [-0.05, 0) is 52.2 Å². The maximum absolute atomic E-state index is 13.4. The molecule has 184 valence electrons. The minimum absolute atomic E-state index is 0.0535. The molecule has 0 unspecified atom stereocenters. The molecule has 0 aliphatic carbocycles. The van der Waals surface area contributed by atoms with Crippen LogP contribution in [0, 0.1) is 17.9 Å². The first-order chi connectivity index (χ1) is 16.6. The van der Waals surface area contributed by atoms with E-state index in [2.05, 4.69) is 16.2 Å². The number of carbonyl (C=O) groups is 3. The van der Waals surface area contributed by atoms with E-state index in [9.17, 15) is 19.6 Å². The number of nitrogens with zero attached hydrogens (tertiary/aromatic N) is 5. The lowest BCUT2D eigenvalue weighted by Crippen LogP contribution is -2.59. The Morgan fingerprint density at radius 2 is 2.03 bits per heavy atom. The molecule has 0 spiro atoms. The van der Waals surface area contributed by atoms with Crippen molar-refractivity contribution in [2.45, 2.75) is 69.8 Å². The summed E-state index contributed by atoms with van der Waals surface area (Å²) in [5, 5.41) is 12.1. The Balaban J connectivity index is 1.49. The van der Waals surface area contributed by atoms with E-state index in [0.717, 1.165) is 12.1 Å². The van der Waals surface area contributed by atoms with Gasteiger partial charge in [-0.1, -0.05) is 12.1 Å². The molecule has 3 aliphatic rings. The van der Waals surface area contributed by atoms with Gasteiger partial charge in [0.1, 0.15) is 17.7 Å². The summed E-state index contributed by atoms with van der Waals surface area (Å²) >= 11 is 0. The van der Waals surface area contributed by atoms with E-state index in [4.69, 9.17) is 11.3 Å². The number of amides is 3. The molecule has 0 saturated carbocycles. The second kappa shape index (κ2) is 9.55. The first-order valence-corrected chi connectivity index (χ1v) is 11.9. The van der Waals surface area contributed by atoms with Gasteiger partial charge in [0.15, 0.2) is 5.69 Å². The van der Waals surface area contributed by atoms with Crippen LogP contribution in [0.25, 0.3) is 4.85 Å². The van der Waals surface area contributed by atoms with Gasteiger partial charge in [-0.25, -0.2) is 9.64 Å². The van der Waals surface area contributed by atoms with Gasteiger partial charge in [0, 0.05) is 25.3 Å². The first kappa shape index (κ1) is 24.5. The number of fused-ring (bicyclic) bond motifs is 2. The molecular formula is C25H30N6O4. The van der Waals surface area contributed by atoms with Crippen LogP contribution in [-0.2, 0) is 14.3 Å². The lowest BCUT2D eigenvalue weighted by atomic mass is 10.1. The van der Waals surface area contributed by atoms with Crippen LogP contribution in [-0.4, -0.2) is 77.1 Å². The Hall–Kier alpha value is -3.63. The molecular weight excluding hydrogens is 448 g/mol. The summed E-state index contributed by atoms with van der Waals surface area (Å²) in [5.41, 5.74) is 0.536. The van der Waals surface area contributed by atoms with Crippen molar-refractivity contribution in [3.8, 4) is 6.07 Å². The number of hydrogen-bond donors (Lipinski definition) is 1. The van der Waals surface area contributed by atoms with Crippen molar-refractivity contribution in [3.05, 3.63) is 35.7 Å². The zero-order valence-corrected chi connectivity index (χ0v) is 20.2. The van der Waals surface area contributed by atoms with Gasteiger partial charge in [0.25, 0.3) is 0 Å². The number of hydrogen-bond acceptors (Lipinski definition) is 6. The number of piperazine rings is 1. The van der Waals surface area contributed by atoms with Crippen LogP contribution >= 0.6 is 0 Å². The highest BCUT2D eigenvalue weighted by atomic mass is 16.6. The molecule has 35 heavy (non-hydrogen) atoms. The van der Waals surface area contributed by atoms with E-state index in [1.807, 2.05) is 4.90 Å². The summed E-state index contributed by atoms with van der Waals surface area (Å²) in [7, 11) is 0. The predicted molar refractivity (Wildman–Crippen MR) is 127 cm³/mol. The summed E-state index contributed by atoms with van der Waals surface area (Å²) in [6.45, 7) is 13.5. The maximum atomic E-state index is 13.4. The summed E-state index contributed by atoms with van der Waals surface area (Å²) in [4.78, 5) is 47.8. The standard InChI is InChI=1S/C25H30N6O4/c1-25(2,3)35-24(34)28-20(22(32)30-11-5-6-18(30)13-26)15-29-14-19-12-21(29)23(33)31(19)17-9-7-16(27-4)8-10-17/h7-10,18-21H,5-6,11-12,14-15H2,1-3H3,(H,28,34)/t18-,19-,20-,21-/m0/s1. The minimum Gasteiger partial charge on any atom is -0.444 e. The molecule has 1 aromatic carbocycles. The summed E-state index contributed by atoms with van der Waals surface area (Å²) in [5.74, 6) is -0.391. The molecule has 3 amide bonds. The highest BCUT2D eigenvalue weighted by Crippen LogP contribution is 2.36. The molecule has 0 aromatic heterocycles. The monoisotopic (exact) mass is 478 g/mol. The van der Waals surface area contributed by atoms with Crippen LogP contribution in [0.3, 0.4) is 0 Å². The topological polar surface area (TPSA) is 110 Å². The van der Waals surface area contributed by atoms with Gasteiger partial charge < -0.3 is 19.9 Å². The Morgan fingerprint density at radius 3 is 2.63 bits per heavy atom. The SMILES string of the molecule is [C-]#[N+]c1ccc(N2C(=O)[C@@H]3C[C@H]2CN3C[C@H](NC(=O)OC(C)(C)C)C(=O)N2CCC[C@H]2C#N)cc1. The van der Waals surface area contributed by atoms with Gasteiger partial charge in [-0.3, -0.25) is 14.5 Å². The Labute approximate surface area is 205 Å². The lowest BCUT2D eigenvalue weighted by Gasteiger charge is -2.36. The molecule has 4 atom stereocenters. The Morgan fingerprint density at radius 1 is 1.31 bits per heavy atom. The lowest BCUT2D eigenvalue weighted by molar-refractivity contribution is -0.135. The molecule has 10 nitrogen and oxygen atoms in total. The molecule has 2 bridgehead atoms. The summed E-state index contributed by atoms with van der Waals surface area (Å²) in [6, 6.07) is 7.21. The second-order valence-corrected chi connectivity index (χ2v) is 10.2. The van der Waals surface area contributed by atoms with Crippen molar-refractivity contribution in [3.63, 3.8) is 0 Å². The first-order valence-electron chi connectivity index (χ1n) is 11.9. The van der Waals surface area contributed by atoms with Crippen molar-refractivity contribution < 1.29 is 19.1 Å². The van der Waals surface area contributed by atoms with Crippen LogP contribution in [0.4, 0.5) is 16.2 Å². The van der Waals surface area contributed by atoms with E-state index in [1.165, 1.54) is 4.90 Å². The number of anilines is 1. The second-order valence-electron chi connectivity index (χ2n) is 10.2. The third-order valence-electron chi connectivity index (χ3n) is 6.62. The third-order valence-corrected chi connectivity index (χ3v) is 6.62. The van der Waals surface area contributed by atoms with Gasteiger partial charge >= 0.3 is 6.09 Å². The molecule has 10 heteroatoms. The molecule has 1 N–H and O–H groups in total. The zero-order valence-electron chi connectivity index (χ0n) is 20.2. The number of nitrogens with one attached hydrogen (secondary N) is 1. The fraction of sp³-hybridized carbons (Fsp3) is 0.560. The molecule has 4 rings (SSSR count). The number of alkyl carbamates (subject to hydrolysis) is 1. The van der Waals surface area contributed by atoms with Gasteiger partial charge in [-0.15, -0.1) is 0 Å². The number of ether oxygens (including phenoxy) is 1. The van der Waals surface area contributed by atoms with Crippen molar-refractivity contribution in [2.24, 2.45) is 0 Å². The van der Waals surface area contributed by atoms with E-state index in [1.54, 1.807) is 49.9 Å². The smallest absolute Gasteiger partial charge is 0.408 e. The fourth-order valence-electron chi connectivity index (χ4n) is 5.13. The van der Waals surface area contributed by atoms with Crippen molar-refractivity contribution in [2.75, 3.05) is 24.5 Å².